The van der Waals surface area contributed by atoms with Crippen LogP contribution in [0.4, 0.5) is 0 Å². The number of nitrogens with zero attached hydrogens (tertiary/aromatic N) is 1. The third kappa shape index (κ3) is 5.10. The molecule has 1 heterocycles. The van der Waals surface area contributed by atoms with Crippen LogP contribution in [0.3, 0.4) is 0 Å². The first-order valence-electron chi connectivity index (χ1n) is 10.6. The second-order valence-corrected chi connectivity index (χ2v) is 15.0. The Bertz CT molecular complexity index is 941. The van der Waals surface area contributed by atoms with Gasteiger partial charge in [-0.2, -0.15) is 0 Å². The molecule has 2 atom stereocenters. The van der Waals surface area contributed by atoms with E-state index in [9.17, 15) is 19.5 Å². The van der Waals surface area contributed by atoms with Gasteiger partial charge in [0.05, 0.1) is 24.5 Å². The van der Waals surface area contributed by atoms with Gasteiger partial charge in [-0.05, 0) is 59.9 Å². The monoisotopic (exact) mass is 493 g/mol. The number of carbonyl (C=O) groups is 2. The van der Waals surface area contributed by atoms with Crippen molar-refractivity contribution in [2.75, 3.05) is 6.54 Å². The lowest BCUT2D eigenvalue weighted by atomic mass is 9.79. The number of halogens is 2. The predicted octanol–water partition coefficient (Wildman–Crippen LogP) is 5.40. The summed E-state index contributed by atoms with van der Waals surface area (Å²) in [6, 6.07) is 13.6. The second kappa shape index (κ2) is 9.27. The van der Waals surface area contributed by atoms with Crippen LogP contribution in [0.5, 0.6) is 0 Å². The van der Waals surface area contributed by atoms with E-state index in [1.54, 1.807) is 37.4 Å². The lowest BCUT2D eigenvalue weighted by molar-refractivity contribution is -0.157. The van der Waals surface area contributed by atoms with Gasteiger partial charge in [-0.3, -0.25) is 14.5 Å². The lowest BCUT2D eigenvalue weighted by Gasteiger charge is -2.49. The van der Waals surface area contributed by atoms with Crippen LogP contribution in [-0.2, 0) is 9.59 Å². The number of ketones is 1. The van der Waals surface area contributed by atoms with Gasteiger partial charge in [-0.15, -0.1) is 0 Å². The Kier molecular flexibility index (Phi) is 7.22. The highest BCUT2D eigenvalue weighted by molar-refractivity contribution is 6.72. The van der Waals surface area contributed by atoms with E-state index in [1.807, 2.05) is 43.0 Å². The van der Waals surface area contributed by atoms with Crippen LogP contribution in [0.15, 0.2) is 48.5 Å². The summed E-state index contributed by atoms with van der Waals surface area (Å²) in [6.45, 7) is 7.54. The predicted molar refractivity (Wildman–Crippen MR) is 130 cm³/mol. The molecule has 3 rings (SSSR count). The molecule has 1 fully saturated rings. The molecule has 0 aliphatic carbocycles. The standard InChI is InChI=1S/C24H29Cl2NO4Si/c1-24(2,32(3,4)31)13-19(23(29)30)22-20(28)14-27(22)21(15-5-9-17(25)10-6-15)16-7-11-18(26)12-8-16/h5-12,19,21-22,31H,13-14H2,1-4H3,(H,29,30). The number of carboxylic acids is 1. The number of benzene rings is 2. The molecule has 2 aromatic rings. The summed E-state index contributed by atoms with van der Waals surface area (Å²) >= 11 is 12.2. The molecule has 5 nitrogen and oxygen atoms in total. The normalized spacial score (nSPS) is 18.5. The lowest BCUT2D eigenvalue weighted by Crippen LogP contribution is -2.63. The third-order valence-corrected chi connectivity index (χ3v) is 10.8. The topological polar surface area (TPSA) is 77.8 Å². The first-order chi connectivity index (χ1) is 14.8. The van der Waals surface area contributed by atoms with Crippen LogP contribution in [0.2, 0.25) is 28.2 Å². The zero-order valence-corrected chi connectivity index (χ0v) is 21.2. The van der Waals surface area contributed by atoms with E-state index < -0.39 is 31.3 Å². The molecule has 0 spiro atoms. The highest BCUT2D eigenvalue weighted by Gasteiger charge is 2.52. The number of likely N-dealkylation sites (tertiary alicyclic amines) is 1. The van der Waals surface area contributed by atoms with Crippen molar-refractivity contribution in [2.24, 2.45) is 5.92 Å². The third-order valence-electron chi connectivity index (χ3n) is 6.81. The van der Waals surface area contributed by atoms with Crippen molar-refractivity contribution in [1.82, 2.24) is 4.90 Å². The van der Waals surface area contributed by atoms with Gasteiger partial charge >= 0.3 is 5.97 Å². The van der Waals surface area contributed by atoms with Gasteiger partial charge in [0.1, 0.15) is 0 Å². The summed E-state index contributed by atoms with van der Waals surface area (Å²) in [5.41, 5.74) is 1.82. The van der Waals surface area contributed by atoms with Gasteiger partial charge in [-0.1, -0.05) is 61.3 Å². The van der Waals surface area contributed by atoms with Gasteiger partial charge in [-0.25, -0.2) is 0 Å². The Morgan fingerprint density at radius 1 is 1.06 bits per heavy atom. The number of hydrogen-bond donors (Lipinski definition) is 2. The first-order valence-corrected chi connectivity index (χ1v) is 14.3. The Balaban J connectivity index is 2.02. The van der Waals surface area contributed by atoms with Crippen molar-refractivity contribution in [1.29, 1.82) is 0 Å². The molecule has 0 amide bonds. The van der Waals surface area contributed by atoms with Crippen LogP contribution in [0, 0.1) is 5.92 Å². The minimum Gasteiger partial charge on any atom is -0.481 e. The average molecular weight is 494 g/mol. The molecular weight excluding hydrogens is 465 g/mol. The Morgan fingerprint density at radius 3 is 1.84 bits per heavy atom. The molecule has 172 valence electrons. The number of hydrogen-bond acceptors (Lipinski definition) is 4. The molecule has 0 radical (unpaired) electrons. The molecule has 2 aromatic carbocycles. The summed E-state index contributed by atoms with van der Waals surface area (Å²) in [6.07, 6.45) is 0.221. The quantitative estimate of drug-likeness (QED) is 0.481. The van der Waals surface area contributed by atoms with Crippen LogP contribution in [-0.4, -0.2) is 47.5 Å². The number of Topliss-reactive ketones (excluding diaryl/α,β-unsaturated/α-hetero) is 1. The van der Waals surface area contributed by atoms with Crippen LogP contribution < -0.4 is 0 Å². The average Bonchev–Trinajstić information content (AvgIpc) is 2.68. The molecule has 1 aliphatic rings. The van der Waals surface area contributed by atoms with Gasteiger partial charge in [0, 0.05) is 10.0 Å². The molecule has 2 N–H and O–H groups in total. The van der Waals surface area contributed by atoms with E-state index in [0.717, 1.165) is 11.1 Å². The first kappa shape index (κ1) is 24.9. The largest absolute Gasteiger partial charge is 0.481 e. The number of carboxylic acid groups (broad SMARTS) is 1. The fraction of sp³-hybridized carbons (Fsp3) is 0.417. The smallest absolute Gasteiger partial charge is 0.308 e. The van der Waals surface area contributed by atoms with Crippen molar-refractivity contribution < 1.29 is 19.5 Å². The van der Waals surface area contributed by atoms with E-state index in [-0.39, 0.29) is 24.8 Å². The Morgan fingerprint density at radius 2 is 1.50 bits per heavy atom. The van der Waals surface area contributed by atoms with E-state index in [2.05, 4.69) is 0 Å². The maximum absolute atomic E-state index is 12.8. The van der Waals surface area contributed by atoms with Gasteiger partial charge in [0.25, 0.3) is 0 Å². The van der Waals surface area contributed by atoms with E-state index in [1.165, 1.54) is 0 Å². The van der Waals surface area contributed by atoms with Gasteiger partial charge < -0.3 is 9.90 Å². The molecule has 1 aliphatic heterocycles. The van der Waals surface area contributed by atoms with Crippen molar-refractivity contribution in [3.8, 4) is 0 Å². The fourth-order valence-corrected chi connectivity index (χ4v) is 5.12. The highest BCUT2D eigenvalue weighted by atomic mass is 35.5. The summed E-state index contributed by atoms with van der Waals surface area (Å²) in [4.78, 5) is 37.8. The maximum atomic E-state index is 12.8. The molecule has 0 bridgehead atoms. The minimum absolute atomic E-state index is 0.0986. The van der Waals surface area contributed by atoms with Crippen LogP contribution in [0.1, 0.15) is 37.4 Å². The van der Waals surface area contributed by atoms with Crippen LogP contribution >= 0.6 is 23.2 Å². The summed E-state index contributed by atoms with van der Waals surface area (Å²) in [5.74, 6) is -2.05. The molecule has 8 heteroatoms. The molecule has 2 unspecified atom stereocenters. The Hall–Kier alpha value is -1.70. The van der Waals surface area contributed by atoms with Gasteiger partial charge in [0.2, 0.25) is 0 Å². The number of rotatable bonds is 8. The highest BCUT2D eigenvalue weighted by Crippen LogP contribution is 2.46. The van der Waals surface area contributed by atoms with Crippen LogP contribution in [0.25, 0.3) is 0 Å². The van der Waals surface area contributed by atoms with E-state index >= 15 is 0 Å². The molecule has 0 aromatic heterocycles. The summed E-state index contributed by atoms with van der Waals surface area (Å²) < 4.78 is 0. The zero-order valence-electron chi connectivity index (χ0n) is 18.7. The second-order valence-electron chi connectivity index (χ2n) is 9.68. The van der Waals surface area contributed by atoms with E-state index in [0.29, 0.717) is 10.0 Å². The molecule has 1 saturated heterocycles. The zero-order chi connectivity index (χ0) is 23.8. The summed E-state index contributed by atoms with van der Waals surface area (Å²) in [5, 5.41) is 10.7. The van der Waals surface area contributed by atoms with E-state index in [4.69, 9.17) is 23.2 Å². The minimum atomic E-state index is -2.66. The van der Waals surface area contributed by atoms with Crippen molar-refractivity contribution in [3.05, 3.63) is 69.7 Å². The van der Waals surface area contributed by atoms with Crippen molar-refractivity contribution in [3.63, 3.8) is 0 Å². The number of aliphatic carboxylic acids is 1. The molecule has 32 heavy (non-hydrogen) atoms. The Labute approximate surface area is 200 Å². The maximum Gasteiger partial charge on any atom is 0.308 e. The number of carbonyl (C=O) groups excluding carboxylic acids is 1. The molecular formula is C24H29Cl2NO4Si. The van der Waals surface area contributed by atoms with Gasteiger partial charge in [0.15, 0.2) is 14.1 Å². The van der Waals surface area contributed by atoms with Crippen molar-refractivity contribution in [2.45, 2.75) is 50.5 Å². The summed E-state index contributed by atoms with van der Waals surface area (Å²) in [7, 11) is -2.66. The fourth-order valence-electron chi connectivity index (χ4n) is 4.15. The van der Waals surface area contributed by atoms with Crippen molar-refractivity contribution >= 4 is 43.3 Å². The molecule has 0 saturated carbocycles. The SMILES string of the molecule is CC(C)(CC(C(=O)O)C1C(=O)CN1C(c1ccc(Cl)cc1)c1ccc(Cl)cc1)[Si](C)(C)O.